The summed E-state index contributed by atoms with van der Waals surface area (Å²) in [6, 6.07) is 2.83. The van der Waals surface area contributed by atoms with Crippen LogP contribution in [-0.4, -0.2) is 52.9 Å². The van der Waals surface area contributed by atoms with Gasteiger partial charge in [0.1, 0.15) is 24.4 Å². The van der Waals surface area contributed by atoms with Crippen molar-refractivity contribution in [1.82, 2.24) is 10.6 Å². The lowest BCUT2D eigenvalue weighted by Gasteiger charge is -2.22. The maximum atomic E-state index is 12.2. The Hall–Kier alpha value is -2.81. The van der Waals surface area contributed by atoms with Crippen molar-refractivity contribution < 1.29 is 29.3 Å². The van der Waals surface area contributed by atoms with Crippen LogP contribution in [0.3, 0.4) is 0 Å². The van der Waals surface area contributed by atoms with Crippen LogP contribution >= 0.6 is 0 Å². The molecule has 0 radical (unpaired) electrons. The first kappa shape index (κ1) is 17.5. The molecule has 130 valence electrons. The zero-order valence-corrected chi connectivity index (χ0v) is 13.2. The van der Waals surface area contributed by atoms with Gasteiger partial charge in [0.05, 0.1) is 11.8 Å². The molecule has 1 aromatic carbocycles. The van der Waals surface area contributed by atoms with Crippen molar-refractivity contribution in [3.63, 3.8) is 0 Å². The van der Waals surface area contributed by atoms with Gasteiger partial charge in [0, 0.05) is 0 Å². The fourth-order valence-electron chi connectivity index (χ4n) is 2.23. The first-order valence-corrected chi connectivity index (χ1v) is 7.30. The summed E-state index contributed by atoms with van der Waals surface area (Å²) < 4.78 is 5.54. The predicted octanol–water partition coefficient (Wildman–Crippen LogP) is -0.172. The van der Waals surface area contributed by atoms with Gasteiger partial charge < -0.3 is 30.9 Å². The third-order valence-electron chi connectivity index (χ3n) is 3.48. The number of rotatable bonds is 4. The van der Waals surface area contributed by atoms with Gasteiger partial charge in [-0.3, -0.25) is 9.59 Å². The number of carbonyl (C=O) groups is 3. The summed E-state index contributed by atoms with van der Waals surface area (Å²) in [5.41, 5.74) is 1.43. The number of carboxylic acid groups (broad SMARTS) is 1. The van der Waals surface area contributed by atoms with E-state index >= 15 is 0 Å². The second-order valence-corrected chi connectivity index (χ2v) is 5.53. The van der Waals surface area contributed by atoms with Gasteiger partial charge >= 0.3 is 6.09 Å². The number of benzene rings is 1. The summed E-state index contributed by atoms with van der Waals surface area (Å²) in [6.45, 7) is 3.02. The quantitative estimate of drug-likeness (QED) is 0.517. The number of aliphatic hydroxyl groups excluding tert-OH is 1. The van der Waals surface area contributed by atoms with Gasteiger partial charge in [0.15, 0.2) is 0 Å². The Morgan fingerprint density at radius 1 is 1.42 bits per heavy atom. The lowest BCUT2D eigenvalue weighted by molar-refractivity contribution is -0.130. The van der Waals surface area contributed by atoms with E-state index in [9.17, 15) is 19.5 Å². The smallest absolute Gasteiger partial charge is 0.405 e. The zero-order chi connectivity index (χ0) is 17.9. The number of nitrogens with one attached hydrogen (secondary N) is 3. The molecule has 0 aliphatic carbocycles. The highest BCUT2D eigenvalue weighted by molar-refractivity contribution is 6.00. The number of fused-ring (bicyclic) bond motifs is 1. The Balaban J connectivity index is 2.09. The van der Waals surface area contributed by atoms with Crippen molar-refractivity contribution in [2.24, 2.45) is 0 Å². The molecule has 3 amide bonds. The highest BCUT2D eigenvalue weighted by Crippen LogP contribution is 2.27. The molecule has 1 aliphatic rings. The summed E-state index contributed by atoms with van der Waals surface area (Å²) in [5, 5.41) is 25.2. The fourth-order valence-corrected chi connectivity index (χ4v) is 2.23. The van der Waals surface area contributed by atoms with E-state index in [0.717, 1.165) is 5.56 Å². The molecule has 0 bridgehead atoms. The van der Waals surface area contributed by atoms with E-state index in [0.29, 0.717) is 11.4 Å². The number of carbonyl (C=O) groups excluding carboxylic acids is 2. The van der Waals surface area contributed by atoms with Crippen LogP contribution in [-0.2, 0) is 9.59 Å². The maximum Gasteiger partial charge on any atom is 0.405 e. The number of hydrogen-bond acceptors (Lipinski definition) is 5. The Bertz CT molecular complexity index is 661. The van der Waals surface area contributed by atoms with Gasteiger partial charge in [-0.25, -0.2) is 4.79 Å². The minimum atomic E-state index is -1.46. The van der Waals surface area contributed by atoms with Crippen LogP contribution in [0.1, 0.15) is 12.5 Å². The van der Waals surface area contributed by atoms with Gasteiger partial charge in [-0.2, -0.15) is 0 Å². The first-order chi connectivity index (χ1) is 11.3. The summed E-state index contributed by atoms with van der Waals surface area (Å²) in [5.74, 6) is -0.834. The molecule has 5 N–H and O–H groups in total. The average molecular weight is 337 g/mol. The number of anilines is 1. The third kappa shape index (κ3) is 4.13. The number of aliphatic hydroxyl groups is 1. The number of aryl methyl sites for hydroxylation is 1. The molecule has 0 saturated heterocycles. The monoisotopic (exact) mass is 337 g/mol. The lowest BCUT2D eigenvalue weighted by atomic mass is 10.1. The standard InChI is InChI=1S/C15H19N3O6/c1-7-3-4-9-11(5-7)24-6-10(13(20)16-9)17-14(21)12(8(2)19)18-15(22)23/h3-5,8,10,12,18-19H,6H2,1-2H3,(H,16,20)(H,17,21)(H,22,23)/t8-,10+,12+/m1/s1. The minimum Gasteiger partial charge on any atom is -0.489 e. The van der Waals surface area contributed by atoms with Crippen LogP contribution in [0, 0.1) is 6.92 Å². The fraction of sp³-hybridized carbons (Fsp3) is 0.400. The molecule has 1 aromatic rings. The second-order valence-electron chi connectivity index (χ2n) is 5.53. The summed E-state index contributed by atoms with van der Waals surface area (Å²) in [7, 11) is 0. The number of hydrogen-bond donors (Lipinski definition) is 5. The van der Waals surface area contributed by atoms with Crippen LogP contribution in [0.25, 0.3) is 0 Å². The molecule has 9 heteroatoms. The van der Waals surface area contributed by atoms with Crippen molar-refractivity contribution in [2.45, 2.75) is 32.0 Å². The Morgan fingerprint density at radius 2 is 2.12 bits per heavy atom. The topological polar surface area (TPSA) is 137 Å². The van der Waals surface area contributed by atoms with Gasteiger partial charge in [0.25, 0.3) is 5.91 Å². The van der Waals surface area contributed by atoms with Crippen molar-refractivity contribution in [2.75, 3.05) is 11.9 Å². The van der Waals surface area contributed by atoms with Gasteiger partial charge in [-0.15, -0.1) is 0 Å². The van der Waals surface area contributed by atoms with Gasteiger partial charge in [-0.1, -0.05) is 6.07 Å². The van der Waals surface area contributed by atoms with E-state index < -0.39 is 36.1 Å². The van der Waals surface area contributed by atoms with Crippen molar-refractivity contribution >= 4 is 23.6 Å². The summed E-state index contributed by atoms with van der Waals surface area (Å²) >= 11 is 0. The van der Waals surface area contributed by atoms with E-state index in [-0.39, 0.29) is 6.61 Å². The molecule has 0 aromatic heterocycles. The Kier molecular flexibility index (Phi) is 5.24. The Morgan fingerprint density at radius 3 is 2.75 bits per heavy atom. The highest BCUT2D eigenvalue weighted by Gasteiger charge is 2.31. The summed E-state index contributed by atoms with van der Waals surface area (Å²) in [4.78, 5) is 35.1. The molecule has 24 heavy (non-hydrogen) atoms. The van der Waals surface area contributed by atoms with Crippen LogP contribution in [0.4, 0.5) is 10.5 Å². The highest BCUT2D eigenvalue weighted by atomic mass is 16.5. The van der Waals surface area contributed by atoms with E-state index in [1.807, 2.05) is 18.3 Å². The number of amides is 3. The third-order valence-corrected chi connectivity index (χ3v) is 3.48. The van der Waals surface area contributed by atoms with Crippen LogP contribution in [0.15, 0.2) is 18.2 Å². The van der Waals surface area contributed by atoms with E-state index in [2.05, 4.69) is 10.6 Å². The molecular formula is C15H19N3O6. The van der Waals surface area contributed by atoms with Gasteiger partial charge in [-0.05, 0) is 31.5 Å². The zero-order valence-electron chi connectivity index (χ0n) is 13.2. The van der Waals surface area contributed by atoms with Crippen molar-refractivity contribution in [1.29, 1.82) is 0 Å². The van der Waals surface area contributed by atoms with Crippen molar-refractivity contribution in [3.8, 4) is 5.75 Å². The predicted molar refractivity (Wildman–Crippen MR) is 83.9 cm³/mol. The molecule has 1 heterocycles. The molecule has 0 unspecified atom stereocenters. The molecule has 2 rings (SSSR count). The van der Waals surface area contributed by atoms with E-state index in [1.165, 1.54) is 6.92 Å². The Labute approximate surface area is 138 Å². The average Bonchev–Trinajstić information content (AvgIpc) is 2.64. The van der Waals surface area contributed by atoms with Crippen LogP contribution in [0.5, 0.6) is 5.75 Å². The molecule has 9 nitrogen and oxygen atoms in total. The van der Waals surface area contributed by atoms with E-state index in [1.54, 1.807) is 12.1 Å². The minimum absolute atomic E-state index is 0.117. The first-order valence-electron chi connectivity index (χ1n) is 7.30. The maximum absolute atomic E-state index is 12.2. The second kappa shape index (κ2) is 7.18. The van der Waals surface area contributed by atoms with Gasteiger partial charge in [0.2, 0.25) is 5.91 Å². The normalized spacial score (nSPS) is 19.0. The number of ether oxygens (including phenoxy) is 1. The van der Waals surface area contributed by atoms with Crippen LogP contribution in [0.2, 0.25) is 0 Å². The molecule has 0 fully saturated rings. The molecule has 1 aliphatic heterocycles. The molecule has 3 atom stereocenters. The van der Waals surface area contributed by atoms with Crippen LogP contribution < -0.4 is 20.7 Å². The lowest BCUT2D eigenvalue weighted by Crippen LogP contribution is -2.57. The molecule has 0 saturated carbocycles. The van der Waals surface area contributed by atoms with E-state index in [4.69, 9.17) is 9.84 Å². The summed E-state index contributed by atoms with van der Waals surface area (Å²) in [6.07, 6.45) is -2.73. The van der Waals surface area contributed by atoms with Crippen molar-refractivity contribution in [3.05, 3.63) is 23.8 Å². The largest absolute Gasteiger partial charge is 0.489 e. The molecule has 0 spiro atoms. The molecular weight excluding hydrogens is 318 g/mol. The SMILES string of the molecule is Cc1ccc2c(c1)OC[C@H](NC(=O)[C@@H](NC(=O)O)[C@@H](C)O)C(=O)N2.